The maximum atomic E-state index is 12.2. The average molecular weight is 368 g/mol. The minimum absolute atomic E-state index is 0.229. The van der Waals surface area contributed by atoms with E-state index in [1.807, 2.05) is 13.8 Å². The molecule has 1 aromatic rings. The fraction of sp³-hybridized carbons (Fsp3) is 0.765. The summed E-state index contributed by atoms with van der Waals surface area (Å²) in [5, 5.41) is 0. The van der Waals surface area contributed by atoms with E-state index in [2.05, 4.69) is 20.9 Å². The fourth-order valence-corrected chi connectivity index (χ4v) is 5.01. The second-order valence-electron chi connectivity index (χ2n) is 6.92. The molecule has 2 fully saturated rings. The number of piperazine rings is 1. The van der Waals surface area contributed by atoms with Gasteiger partial charge < -0.3 is 9.80 Å². The third kappa shape index (κ3) is 4.41. The number of anilines is 2. The Kier molecular flexibility index (Phi) is 5.78. The first kappa shape index (κ1) is 18.4. The van der Waals surface area contributed by atoms with Crippen LogP contribution < -0.4 is 9.80 Å². The van der Waals surface area contributed by atoms with Gasteiger partial charge >= 0.3 is 0 Å². The predicted molar refractivity (Wildman–Crippen MR) is 101 cm³/mol. The molecule has 3 rings (SSSR count). The second kappa shape index (κ2) is 7.86. The van der Waals surface area contributed by atoms with Crippen molar-refractivity contribution in [2.75, 3.05) is 54.8 Å². The highest BCUT2D eigenvalue weighted by molar-refractivity contribution is 7.89. The van der Waals surface area contributed by atoms with Crippen molar-refractivity contribution in [1.82, 2.24) is 14.3 Å². The van der Waals surface area contributed by atoms with Crippen LogP contribution in [0.4, 0.5) is 11.8 Å². The molecular formula is C17H29N5O2S. The van der Waals surface area contributed by atoms with E-state index in [9.17, 15) is 8.42 Å². The molecule has 2 aliphatic rings. The summed E-state index contributed by atoms with van der Waals surface area (Å²) in [6.07, 6.45) is 4.38. The van der Waals surface area contributed by atoms with Crippen LogP contribution >= 0.6 is 0 Å². The zero-order valence-electron chi connectivity index (χ0n) is 15.3. The number of piperidine rings is 1. The molecule has 8 heteroatoms. The number of aromatic nitrogens is 2. The lowest BCUT2D eigenvalue weighted by molar-refractivity contribution is 0.382. The third-order valence-electron chi connectivity index (χ3n) is 4.89. The molecule has 1 aromatic heterocycles. The number of sulfonamides is 1. The van der Waals surface area contributed by atoms with E-state index < -0.39 is 10.0 Å². The van der Waals surface area contributed by atoms with Gasteiger partial charge in [0.1, 0.15) is 5.82 Å². The molecule has 0 spiro atoms. The number of rotatable bonds is 5. The van der Waals surface area contributed by atoms with E-state index >= 15 is 0 Å². The van der Waals surface area contributed by atoms with Crippen molar-refractivity contribution in [3.05, 3.63) is 11.8 Å². The summed E-state index contributed by atoms with van der Waals surface area (Å²) in [4.78, 5) is 13.8. The Morgan fingerprint density at radius 1 is 0.960 bits per heavy atom. The molecule has 25 heavy (non-hydrogen) atoms. The number of hydrogen-bond donors (Lipinski definition) is 0. The molecule has 0 N–H and O–H groups in total. The Bertz CT molecular complexity index is 680. The smallest absolute Gasteiger partial charge is 0.227 e. The molecule has 0 bridgehead atoms. The van der Waals surface area contributed by atoms with Gasteiger partial charge in [0.2, 0.25) is 16.0 Å². The first-order valence-corrected chi connectivity index (χ1v) is 10.9. The van der Waals surface area contributed by atoms with Gasteiger partial charge in [0.05, 0.1) is 5.75 Å². The normalized spacial score (nSPS) is 20.1. The zero-order chi connectivity index (χ0) is 17.9. The summed E-state index contributed by atoms with van der Waals surface area (Å²) in [5.41, 5.74) is 0.964. The summed E-state index contributed by atoms with van der Waals surface area (Å²) in [7, 11) is -3.11. The van der Waals surface area contributed by atoms with Crippen LogP contribution in [0.2, 0.25) is 0 Å². The van der Waals surface area contributed by atoms with Crippen molar-refractivity contribution in [2.45, 2.75) is 39.5 Å². The van der Waals surface area contributed by atoms with Gasteiger partial charge in [0.25, 0.3) is 0 Å². The quantitative estimate of drug-likeness (QED) is 0.788. The van der Waals surface area contributed by atoms with Gasteiger partial charge in [-0.25, -0.2) is 13.4 Å². The van der Waals surface area contributed by atoms with Crippen LogP contribution in [0.15, 0.2) is 6.07 Å². The molecule has 0 radical (unpaired) electrons. The highest BCUT2D eigenvalue weighted by Crippen LogP contribution is 2.22. The topological polar surface area (TPSA) is 69.6 Å². The fourth-order valence-electron chi connectivity index (χ4n) is 3.52. The zero-order valence-corrected chi connectivity index (χ0v) is 16.1. The van der Waals surface area contributed by atoms with E-state index in [0.717, 1.165) is 30.5 Å². The highest BCUT2D eigenvalue weighted by atomic mass is 32.2. The van der Waals surface area contributed by atoms with Gasteiger partial charge in [-0.05, 0) is 32.6 Å². The molecule has 2 aliphatic heterocycles. The second-order valence-corrected chi connectivity index (χ2v) is 9.01. The van der Waals surface area contributed by atoms with Gasteiger partial charge in [-0.2, -0.15) is 9.29 Å². The summed E-state index contributed by atoms with van der Waals surface area (Å²) < 4.78 is 26.0. The molecule has 0 unspecified atom stereocenters. The Balaban J connectivity index is 1.70. The molecule has 0 atom stereocenters. The van der Waals surface area contributed by atoms with Crippen LogP contribution in [0, 0.1) is 6.92 Å². The molecule has 0 saturated carbocycles. The van der Waals surface area contributed by atoms with Gasteiger partial charge in [0.15, 0.2) is 0 Å². The Labute approximate surface area is 151 Å². The van der Waals surface area contributed by atoms with E-state index in [-0.39, 0.29) is 5.75 Å². The summed E-state index contributed by atoms with van der Waals surface area (Å²) >= 11 is 0. The molecule has 3 heterocycles. The van der Waals surface area contributed by atoms with Gasteiger partial charge in [-0.1, -0.05) is 6.92 Å². The van der Waals surface area contributed by atoms with E-state index in [4.69, 9.17) is 4.98 Å². The monoisotopic (exact) mass is 367 g/mol. The van der Waals surface area contributed by atoms with Crippen LogP contribution in [0.3, 0.4) is 0 Å². The highest BCUT2D eigenvalue weighted by Gasteiger charge is 2.27. The minimum atomic E-state index is -3.11. The standard InChI is InChI=1S/C17H29N5O2S/c1-3-13-25(23,24)22-11-9-21(10-12-22)17-18-15(2)14-16(19-17)20-7-5-4-6-8-20/h14H,3-13H2,1-2H3. The Morgan fingerprint density at radius 3 is 2.28 bits per heavy atom. The first-order valence-electron chi connectivity index (χ1n) is 9.33. The molecule has 0 aliphatic carbocycles. The molecule has 2 saturated heterocycles. The van der Waals surface area contributed by atoms with Crippen LogP contribution in [0.5, 0.6) is 0 Å². The molecule has 0 amide bonds. The lowest BCUT2D eigenvalue weighted by Gasteiger charge is -2.35. The average Bonchev–Trinajstić information content (AvgIpc) is 2.62. The summed E-state index contributed by atoms with van der Waals surface area (Å²) in [6.45, 7) is 8.32. The minimum Gasteiger partial charge on any atom is -0.356 e. The molecular weight excluding hydrogens is 338 g/mol. The van der Waals surface area contributed by atoms with Crippen LogP contribution in [0.25, 0.3) is 0 Å². The van der Waals surface area contributed by atoms with Crippen molar-refractivity contribution in [3.63, 3.8) is 0 Å². The van der Waals surface area contributed by atoms with Crippen molar-refractivity contribution in [1.29, 1.82) is 0 Å². The summed E-state index contributed by atoms with van der Waals surface area (Å²) in [5.74, 6) is 1.96. The Hall–Kier alpha value is -1.41. The molecule has 0 aromatic carbocycles. The van der Waals surface area contributed by atoms with Crippen molar-refractivity contribution in [2.24, 2.45) is 0 Å². The van der Waals surface area contributed by atoms with E-state index in [0.29, 0.717) is 32.6 Å². The SMILES string of the molecule is CCCS(=O)(=O)N1CCN(c2nc(C)cc(N3CCCCC3)n2)CC1. The third-order valence-corrected chi connectivity index (χ3v) is 6.96. The molecule has 7 nitrogen and oxygen atoms in total. The van der Waals surface area contributed by atoms with E-state index in [1.165, 1.54) is 19.3 Å². The number of aryl methyl sites for hydroxylation is 1. The predicted octanol–water partition coefficient (Wildman–Crippen LogP) is 1.64. The lowest BCUT2D eigenvalue weighted by atomic mass is 10.1. The Morgan fingerprint density at radius 2 is 1.64 bits per heavy atom. The van der Waals surface area contributed by atoms with Crippen LogP contribution in [-0.2, 0) is 10.0 Å². The first-order chi connectivity index (χ1) is 12.0. The molecule has 140 valence electrons. The number of nitrogens with zero attached hydrogens (tertiary/aromatic N) is 5. The summed E-state index contributed by atoms with van der Waals surface area (Å²) in [6, 6.07) is 2.05. The van der Waals surface area contributed by atoms with Crippen molar-refractivity contribution in [3.8, 4) is 0 Å². The maximum Gasteiger partial charge on any atom is 0.227 e. The number of hydrogen-bond acceptors (Lipinski definition) is 6. The van der Waals surface area contributed by atoms with E-state index in [1.54, 1.807) is 4.31 Å². The maximum absolute atomic E-state index is 12.2. The largest absolute Gasteiger partial charge is 0.356 e. The lowest BCUT2D eigenvalue weighted by Crippen LogP contribution is -2.49. The van der Waals surface area contributed by atoms with Gasteiger partial charge in [-0.15, -0.1) is 0 Å². The van der Waals surface area contributed by atoms with Gasteiger partial charge in [0, 0.05) is 51.0 Å². The van der Waals surface area contributed by atoms with Crippen LogP contribution in [0.1, 0.15) is 38.3 Å². The van der Waals surface area contributed by atoms with Crippen LogP contribution in [-0.4, -0.2) is 67.7 Å². The van der Waals surface area contributed by atoms with Gasteiger partial charge in [-0.3, -0.25) is 0 Å². The van der Waals surface area contributed by atoms with Crippen molar-refractivity contribution < 1.29 is 8.42 Å². The van der Waals surface area contributed by atoms with Crippen molar-refractivity contribution >= 4 is 21.8 Å².